The third-order valence-electron chi connectivity index (χ3n) is 2.57. The average Bonchev–Trinajstić information content (AvgIpc) is 2.30. The van der Waals surface area contributed by atoms with Crippen LogP contribution < -0.4 is 0 Å². The summed E-state index contributed by atoms with van der Waals surface area (Å²) in [5, 5.41) is 38.3. The first kappa shape index (κ1) is 14.0. The van der Waals surface area contributed by atoms with E-state index in [0.717, 1.165) is 12.1 Å². The molecule has 0 aromatic heterocycles. The molecule has 2 N–H and O–H groups in total. The molecule has 6 nitrogen and oxygen atoms in total. The average molecular weight is 254 g/mol. The molecule has 7 heteroatoms. The van der Waals surface area contributed by atoms with Crippen LogP contribution in [0.25, 0.3) is 0 Å². The molecule has 1 rings (SSSR count). The number of nitriles is 1. The second-order valence-corrected chi connectivity index (χ2v) is 3.77. The van der Waals surface area contributed by atoms with Crippen molar-refractivity contribution in [3.8, 4) is 6.07 Å². The molecule has 0 heterocycles. The number of rotatable bonds is 4. The molecule has 0 saturated heterocycles. The molecule has 96 valence electrons. The van der Waals surface area contributed by atoms with Gasteiger partial charge in [0.05, 0.1) is 29.6 Å². The fourth-order valence-electron chi connectivity index (χ4n) is 1.59. The van der Waals surface area contributed by atoms with Gasteiger partial charge in [0.1, 0.15) is 11.9 Å². The predicted octanol–water partition coefficient (Wildman–Crippen LogP) is 1.35. The highest BCUT2D eigenvalue weighted by Crippen LogP contribution is 2.29. The number of nitrogens with zero attached hydrogens (tertiary/aromatic N) is 2. The monoisotopic (exact) mass is 254 g/mol. The molecular formula is C11H11FN2O4. The Morgan fingerprint density at radius 1 is 1.56 bits per heavy atom. The van der Waals surface area contributed by atoms with Crippen molar-refractivity contribution in [1.29, 1.82) is 5.26 Å². The molecule has 2 atom stereocenters. The first-order valence-electron chi connectivity index (χ1n) is 5.06. The van der Waals surface area contributed by atoms with Crippen LogP contribution in [0.4, 0.5) is 10.1 Å². The summed E-state index contributed by atoms with van der Waals surface area (Å²) in [5.74, 6) is -0.884. The van der Waals surface area contributed by atoms with Gasteiger partial charge in [-0.05, 0) is 18.6 Å². The van der Waals surface area contributed by atoms with E-state index in [0.29, 0.717) is 0 Å². The summed E-state index contributed by atoms with van der Waals surface area (Å²) in [6.45, 7) is 1.34. The fraction of sp³-hybridized carbons (Fsp3) is 0.364. The van der Waals surface area contributed by atoms with Crippen LogP contribution >= 0.6 is 0 Å². The van der Waals surface area contributed by atoms with Crippen LogP contribution in [0.1, 0.15) is 23.7 Å². The van der Waals surface area contributed by atoms with Gasteiger partial charge in [0, 0.05) is 5.56 Å². The molecule has 2 unspecified atom stereocenters. The van der Waals surface area contributed by atoms with Crippen molar-refractivity contribution in [3.05, 3.63) is 39.2 Å². The van der Waals surface area contributed by atoms with Gasteiger partial charge in [-0.3, -0.25) is 10.1 Å². The highest BCUT2D eigenvalue weighted by molar-refractivity contribution is 5.46. The quantitative estimate of drug-likeness (QED) is 0.622. The summed E-state index contributed by atoms with van der Waals surface area (Å²) < 4.78 is 13.2. The van der Waals surface area contributed by atoms with Crippen molar-refractivity contribution >= 4 is 5.69 Å². The summed E-state index contributed by atoms with van der Waals surface area (Å²) in [6.07, 6.45) is -3.32. The molecule has 0 radical (unpaired) electrons. The summed E-state index contributed by atoms with van der Waals surface area (Å²) in [5.41, 5.74) is -0.511. The predicted molar refractivity (Wildman–Crippen MR) is 59.0 cm³/mol. The SMILES string of the molecule is Cc1c(C(O)C(O)CC#N)cc(F)cc1[N+](=O)[O-]. The summed E-state index contributed by atoms with van der Waals surface area (Å²) in [6, 6.07) is 3.30. The molecule has 0 amide bonds. The number of nitro benzene ring substituents is 1. The molecule has 0 aliphatic rings. The first-order valence-corrected chi connectivity index (χ1v) is 5.06. The molecule has 0 aliphatic carbocycles. The molecule has 18 heavy (non-hydrogen) atoms. The lowest BCUT2D eigenvalue weighted by molar-refractivity contribution is -0.385. The molecule has 0 spiro atoms. The number of hydrogen-bond donors (Lipinski definition) is 2. The summed E-state index contributed by atoms with van der Waals surface area (Å²) >= 11 is 0. The van der Waals surface area contributed by atoms with Crippen LogP contribution in [0.5, 0.6) is 0 Å². The van der Waals surface area contributed by atoms with Gasteiger partial charge in [0.15, 0.2) is 0 Å². The third kappa shape index (κ3) is 2.80. The van der Waals surface area contributed by atoms with Crippen molar-refractivity contribution in [3.63, 3.8) is 0 Å². The van der Waals surface area contributed by atoms with Gasteiger partial charge in [-0.25, -0.2) is 4.39 Å². The Morgan fingerprint density at radius 3 is 2.67 bits per heavy atom. The largest absolute Gasteiger partial charge is 0.389 e. The second kappa shape index (κ2) is 5.53. The standard InChI is InChI=1S/C11H11FN2O4/c1-6-8(11(16)10(15)2-3-13)4-7(12)5-9(6)14(17)18/h4-5,10-11,15-16H,2H2,1H3. The zero-order valence-electron chi connectivity index (χ0n) is 9.50. The van der Waals surface area contributed by atoms with Gasteiger partial charge >= 0.3 is 0 Å². The van der Waals surface area contributed by atoms with E-state index < -0.39 is 28.6 Å². The minimum atomic E-state index is -1.54. The Bertz CT molecular complexity index is 513. The summed E-state index contributed by atoms with van der Waals surface area (Å²) in [4.78, 5) is 9.91. The lowest BCUT2D eigenvalue weighted by Crippen LogP contribution is -2.19. The molecule has 1 aromatic carbocycles. The molecule has 0 bridgehead atoms. The van der Waals surface area contributed by atoms with Gasteiger partial charge in [-0.1, -0.05) is 0 Å². The van der Waals surface area contributed by atoms with Gasteiger partial charge in [0.2, 0.25) is 0 Å². The molecular weight excluding hydrogens is 243 g/mol. The molecule has 1 aromatic rings. The van der Waals surface area contributed by atoms with E-state index in [9.17, 15) is 24.7 Å². The van der Waals surface area contributed by atoms with E-state index >= 15 is 0 Å². The molecule has 0 saturated carbocycles. The zero-order chi connectivity index (χ0) is 13.9. The van der Waals surface area contributed by atoms with Crippen LogP contribution in [-0.4, -0.2) is 21.2 Å². The van der Waals surface area contributed by atoms with Crippen molar-refractivity contribution in [1.82, 2.24) is 0 Å². The Morgan fingerprint density at radius 2 is 2.17 bits per heavy atom. The van der Waals surface area contributed by atoms with E-state index in [-0.39, 0.29) is 17.5 Å². The number of hydrogen-bond acceptors (Lipinski definition) is 5. The van der Waals surface area contributed by atoms with Crippen LogP contribution in [0.15, 0.2) is 12.1 Å². The molecule has 0 fully saturated rings. The molecule has 0 aliphatic heterocycles. The topological polar surface area (TPSA) is 107 Å². The van der Waals surface area contributed by atoms with Crippen molar-refractivity contribution < 1.29 is 19.5 Å². The second-order valence-electron chi connectivity index (χ2n) is 3.77. The van der Waals surface area contributed by atoms with Gasteiger partial charge < -0.3 is 10.2 Å². The Kier molecular flexibility index (Phi) is 4.31. The fourth-order valence-corrected chi connectivity index (χ4v) is 1.59. The van der Waals surface area contributed by atoms with E-state index in [1.165, 1.54) is 6.92 Å². The maximum Gasteiger partial charge on any atom is 0.275 e. The van der Waals surface area contributed by atoms with Crippen LogP contribution in [0.3, 0.4) is 0 Å². The Hall–Kier alpha value is -2.04. The van der Waals surface area contributed by atoms with Gasteiger partial charge in [-0.15, -0.1) is 0 Å². The minimum Gasteiger partial charge on any atom is -0.389 e. The van der Waals surface area contributed by atoms with Crippen LogP contribution in [-0.2, 0) is 0 Å². The van der Waals surface area contributed by atoms with E-state index in [2.05, 4.69) is 0 Å². The van der Waals surface area contributed by atoms with E-state index in [1.807, 2.05) is 0 Å². The Labute approximate surface area is 102 Å². The Balaban J connectivity index is 3.25. The number of halogens is 1. The normalized spacial score (nSPS) is 13.7. The number of aliphatic hydroxyl groups is 2. The van der Waals surface area contributed by atoms with E-state index in [4.69, 9.17) is 5.26 Å². The third-order valence-corrected chi connectivity index (χ3v) is 2.57. The number of nitro groups is 1. The lowest BCUT2D eigenvalue weighted by atomic mass is 9.97. The minimum absolute atomic E-state index is 0.0610. The van der Waals surface area contributed by atoms with Crippen LogP contribution in [0, 0.1) is 34.2 Å². The van der Waals surface area contributed by atoms with Gasteiger partial charge in [0.25, 0.3) is 5.69 Å². The van der Waals surface area contributed by atoms with Gasteiger partial charge in [-0.2, -0.15) is 5.26 Å². The number of benzene rings is 1. The van der Waals surface area contributed by atoms with Crippen molar-refractivity contribution in [2.45, 2.75) is 25.6 Å². The van der Waals surface area contributed by atoms with E-state index in [1.54, 1.807) is 6.07 Å². The summed E-state index contributed by atoms with van der Waals surface area (Å²) in [7, 11) is 0. The maximum absolute atomic E-state index is 13.2. The van der Waals surface area contributed by atoms with Crippen LogP contribution in [0.2, 0.25) is 0 Å². The first-order chi connectivity index (χ1) is 8.38. The van der Waals surface area contributed by atoms with Crippen molar-refractivity contribution in [2.24, 2.45) is 0 Å². The highest BCUT2D eigenvalue weighted by Gasteiger charge is 2.25. The van der Waals surface area contributed by atoms with Crippen molar-refractivity contribution in [2.75, 3.05) is 0 Å². The zero-order valence-corrected chi connectivity index (χ0v) is 9.50. The maximum atomic E-state index is 13.2. The lowest BCUT2D eigenvalue weighted by Gasteiger charge is -2.17. The smallest absolute Gasteiger partial charge is 0.275 e. The number of aliphatic hydroxyl groups excluding tert-OH is 2. The highest BCUT2D eigenvalue weighted by atomic mass is 19.1.